The number of ketones is 1. The average molecular weight is 209 g/mol. The van der Waals surface area contributed by atoms with E-state index in [2.05, 4.69) is 19.6 Å². The number of nitrogens with two attached hydrogens (primary N) is 1. The summed E-state index contributed by atoms with van der Waals surface area (Å²) in [6.07, 6.45) is 1.87. The molecule has 0 aromatic heterocycles. The van der Waals surface area contributed by atoms with Gasteiger partial charge in [-0.2, -0.15) is 0 Å². The Balaban J connectivity index is 3.26. The molecule has 0 radical (unpaired) electrons. The monoisotopic (exact) mass is 209 g/mol. The summed E-state index contributed by atoms with van der Waals surface area (Å²) in [7, 11) is 0. The van der Waals surface area contributed by atoms with Gasteiger partial charge >= 0.3 is 0 Å². The van der Waals surface area contributed by atoms with E-state index < -0.39 is 0 Å². The smallest absolute Gasteiger partial charge is 0.161 e. The van der Waals surface area contributed by atoms with Crippen molar-refractivity contribution in [3.63, 3.8) is 0 Å². The Hall–Kier alpha value is -0.960. The molecule has 1 aromatic carbocycles. The number of Topliss-reactive ketones (excluding diaryl/α,β-unsaturated/α-hetero) is 1. The number of hydrogen-bond donors (Lipinski definition) is 2. The summed E-state index contributed by atoms with van der Waals surface area (Å²) in [5, 5.41) is 0. The van der Waals surface area contributed by atoms with Gasteiger partial charge in [0.1, 0.15) is 0 Å². The van der Waals surface area contributed by atoms with Gasteiger partial charge in [-0.1, -0.05) is 13.3 Å². The number of nitrogen functional groups attached to an aromatic ring is 1. The third-order valence-corrected chi connectivity index (χ3v) is 2.63. The quantitative estimate of drug-likeness (QED) is 0.456. The normalized spacial score (nSPS) is 10.2. The van der Waals surface area contributed by atoms with Crippen LogP contribution in [0.1, 0.15) is 36.2 Å². The number of carbonyl (C=O) groups is 1. The highest BCUT2D eigenvalue weighted by Crippen LogP contribution is 2.26. The lowest BCUT2D eigenvalue weighted by atomic mass is 10.0. The zero-order valence-electron chi connectivity index (χ0n) is 8.50. The minimum atomic E-state index is 0.00758. The highest BCUT2D eigenvalue weighted by Gasteiger charge is 2.10. The number of thiol groups is 1. The third kappa shape index (κ3) is 2.10. The molecule has 2 nitrogen and oxygen atoms in total. The fourth-order valence-electron chi connectivity index (χ4n) is 1.47. The number of hydrogen-bond acceptors (Lipinski definition) is 3. The van der Waals surface area contributed by atoms with Crippen LogP contribution in [-0.2, 0) is 6.42 Å². The molecule has 76 valence electrons. The molecule has 0 atom stereocenters. The van der Waals surface area contributed by atoms with Crippen molar-refractivity contribution in [3.8, 4) is 0 Å². The summed E-state index contributed by atoms with van der Waals surface area (Å²) < 4.78 is 0. The van der Waals surface area contributed by atoms with Crippen molar-refractivity contribution in [1.29, 1.82) is 0 Å². The van der Waals surface area contributed by atoms with E-state index in [1.807, 2.05) is 6.07 Å². The Morgan fingerprint density at radius 3 is 2.64 bits per heavy atom. The van der Waals surface area contributed by atoms with E-state index in [-0.39, 0.29) is 5.78 Å². The zero-order chi connectivity index (χ0) is 10.7. The van der Waals surface area contributed by atoms with Gasteiger partial charge in [-0.15, -0.1) is 12.6 Å². The summed E-state index contributed by atoms with van der Waals surface area (Å²) in [5.41, 5.74) is 8.08. The lowest BCUT2D eigenvalue weighted by Gasteiger charge is -2.10. The molecule has 1 rings (SSSR count). The van der Waals surface area contributed by atoms with E-state index in [1.54, 1.807) is 6.07 Å². The molecule has 0 saturated carbocycles. The van der Waals surface area contributed by atoms with Gasteiger partial charge in [-0.3, -0.25) is 4.79 Å². The molecule has 14 heavy (non-hydrogen) atoms. The molecule has 0 heterocycles. The van der Waals surface area contributed by atoms with Crippen molar-refractivity contribution in [1.82, 2.24) is 0 Å². The first-order valence-electron chi connectivity index (χ1n) is 4.69. The van der Waals surface area contributed by atoms with Crippen LogP contribution in [0.25, 0.3) is 0 Å². The molecule has 0 unspecified atom stereocenters. The van der Waals surface area contributed by atoms with E-state index in [9.17, 15) is 4.79 Å². The third-order valence-electron chi connectivity index (χ3n) is 2.21. The maximum absolute atomic E-state index is 11.2. The first-order valence-corrected chi connectivity index (χ1v) is 5.13. The van der Waals surface area contributed by atoms with Gasteiger partial charge in [0, 0.05) is 16.1 Å². The largest absolute Gasteiger partial charge is 0.398 e. The summed E-state index contributed by atoms with van der Waals surface area (Å²) in [6.45, 7) is 3.60. The first-order chi connectivity index (χ1) is 6.57. The molecule has 0 aliphatic rings. The Kier molecular flexibility index (Phi) is 3.58. The number of carbonyl (C=O) groups excluding carboxylic acids is 1. The van der Waals surface area contributed by atoms with Crippen molar-refractivity contribution in [2.24, 2.45) is 0 Å². The van der Waals surface area contributed by atoms with Crippen LogP contribution in [0.5, 0.6) is 0 Å². The Morgan fingerprint density at radius 1 is 1.50 bits per heavy atom. The highest BCUT2D eigenvalue weighted by atomic mass is 32.1. The zero-order valence-corrected chi connectivity index (χ0v) is 9.40. The number of benzene rings is 1. The second-order valence-corrected chi connectivity index (χ2v) is 3.81. The maximum atomic E-state index is 11.2. The maximum Gasteiger partial charge on any atom is 0.161 e. The predicted molar refractivity (Wildman–Crippen MR) is 62.1 cm³/mol. The SMILES string of the molecule is CCCc1c(S)ccc(C(C)=O)c1N. The number of rotatable bonds is 3. The Morgan fingerprint density at radius 2 is 2.14 bits per heavy atom. The summed E-state index contributed by atoms with van der Waals surface area (Å²) >= 11 is 4.33. The molecule has 0 aliphatic heterocycles. The molecule has 0 bridgehead atoms. The summed E-state index contributed by atoms with van der Waals surface area (Å²) in [6, 6.07) is 3.57. The van der Waals surface area contributed by atoms with Crippen LogP contribution in [0, 0.1) is 0 Å². The average Bonchev–Trinajstić information content (AvgIpc) is 2.11. The molecule has 0 fully saturated rings. The second kappa shape index (κ2) is 4.51. The molecule has 2 N–H and O–H groups in total. The second-order valence-electron chi connectivity index (χ2n) is 3.33. The van der Waals surface area contributed by atoms with Crippen molar-refractivity contribution in [3.05, 3.63) is 23.3 Å². The van der Waals surface area contributed by atoms with Crippen molar-refractivity contribution >= 4 is 24.1 Å². The van der Waals surface area contributed by atoms with E-state index in [0.29, 0.717) is 11.3 Å². The van der Waals surface area contributed by atoms with Crippen LogP contribution in [0.15, 0.2) is 17.0 Å². The van der Waals surface area contributed by atoms with Crippen LogP contribution < -0.4 is 5.73 Å². The van der Waals surface area contributed by atoms with Crippen molar-refractivity contribution in [2.75, 3.05) is 5.73 Å². The van der Waals surface area contributed by atoms with E-state index in [1.165, 1.54) is 6.92 Å². The highest BCUT2D eigenvalue weighted by molar-refractivity contribution is 7.80. The molecule has 0 spiro atoms. The Labute approximate surface area is 89.9 Å². The lowest BCUT2D eigenvalue weighted by Crippen LogP contribution is -2.04. The fourth-order valence-corrected chi connectivity index (χ4v) is 1.78. The van der Waals surface area contributed by atoms with Gasteiger partial charge in [0.25, 0.3) is 0 Å². The van der Waals surface area contributed by atoms with Crippen LogP contribution in [0.3, 0.4) is 0 Å². The molecular weight excluding hydrogens is 194 g/mol. The lowest BCUT2D eigenvalue weighted by molar-refractivity contribution is 0.101. The summed E-state index contributed by atoms with van der Waals surface area (Å²) in [4.78, 5) is 12.1. The van der Waals surface area contributed by atoms with E-state index in [4.69, 9.17) is 5.73 Å². The topological polar surface area (TPSA) is 43.1 Å². The van der Waals surface area contributed by atoms with Crippen LogP contribution in [0.4, 0.5) is 5.69 Å². The molecule has 0 aliphatic carbocycles. The number of anilines is 1. The molecular formula is C11H15NOS. The van der Waals surface area contributed by atoms with E-state index in [0.717, 1.165) is 23.3 Å². The van der Waals surface area contributed by atoms with Gasteiger partial charge in [0.05, 0.1) is 0 Å². The summed E-state index contributed by atoms with van der Waals surface area (Å²) in [5.74, 6) is 0.00758. The first kappa shape index (κ1) is 11.1. The van der Waals surface area contributed by atoms with Crippen LogP contribution in [0.2, 0.25) is 0 Å². The van der Waals surface area contributed by atoms with Gasteiger partial charge in [-0.25, -0.2) is 0 Å². The minimum absolute atomic E-state index is 0.00758. The van der Waals surface area contributed by atoms with Gasteiger partial charge < -0.3 is 5.73 Å². The van der Waals surface area contributed by atoms with Gasteiger partial charge in [-0.05, 0) is 31.0 Å². The van der Waals surface area contributed by atoms with E-state index >= 15 is 0 Å². The fraction of sp³-hybridized carbons (Fsp3) is 0.364. The van der Waals surface area contributed by atoms with Crippen molar-refractivity contribution in [2.45, 2.75) is 31.6 Å². The van der Waals surface area contributed by atoms with Crippen LogP contribution in [-0.4, -0.2) is 5.78 Å². The van der Waals surface area contributed by atoms with Gasteiger partial charge in [0.15, 0.2) is 5.78 Å². The Bertz CT molecular complexity index is 361. The van der Waals surface area contributed by atoms with Crippen molar-refractivity contribution < 1.29 is 4.79 Å². The minimum Gasteiger partial charge on any atom is -0.398 e. The van der Waals surface area contributed by atoms with Crippen LogP contribution >= 0.6 is 12.6 Å². The van der Waals surface area contributed by atoms with Gasteiger partial charge in [0.2, 0.25) is 0 Å². The molecule has 3 heteroatoms. The molecule has 0 amide bonds. The standard InChI is InChI=1S/C11H15NOS/c1-3-4-9-10(14)6-5-8(7(2)13)11(9)12/h5-6,14H,3-4,12H2,1-2H3. The molecule has 1 aromatic rings. The molecule has 0 saturated heterocycles. The predicted octanol–water partition coefficient (Wildman–Crippen LogP) is 2.71.